The zero-order chi connectivity index (χ0) is 34.9. The van der Waals surface area contributed by atoms with Crippen molar-refractivity contribution in [3.8, 4) is 5.75 Å². The SMILES string of the molecule is CC(=O)N[C@H](C(=O)N[C@@H](CCCNC(N)=O)C(=O)Nc1ccc(CO)c(OCC(=O)NCCCNC(=O)OC(C)(C)C)c1)C(C)C. The number of amides is 7. The maximum atomic E-state index is 13.3. The molecular weight excluding hydrogens is 602 g/mol. The molecule has 0 bridgehead atoms. The fraction of sp³-hybridized carbons (Fsp3) is 0.600. The van der Waals surface area contributed by atoms with Crippen LogP contribution in [-0.4, -0.2) is 84.8 Å². The van der Waals surface area contributed by atoms with Crippen molar-refractivity contribution in [3.05, 3.63) is 23.8 Å². The fourth-order valence-corrected chi connectivity index (χ4v) is 3.94. The van der Waals surface area contributed by atoms with Gasteiger partial charge in [-0.15, -0.1) is 0 Å². The number of alkyl carbamates (subject to hydrolysis) is 1. The lowest BCUT2D eigenvalue weighted by Gasteiger charge is -2.25. The molecule has 0 aliphatic heterocycles. The number of ether oxygens (including phenoxy) is 2. The second kappa shape index (κ2) is 19.7. The summed E-state index contributed by atoms with van der Waals surface area (Å²) in [5, 5.41) is 25.4. The van der Waals surface area contributed by atoms with Crippen molar-refractivity contribution >= 4 is 41.4 Å². The first-order valence-corrected chi connectivity index (χ1v) is 15.0. The van der Waals surface area contributed by atoms with E-state index < -0.39 is 60.0 Å². The Kier molecular flexibility index (Phi) is 16.9. The zero-order valence-corrected chi connectivity index (χ0v) is 27.4. The summed E-state index contributed by atoms with van der Waals surface area (Å²) < 4.78 is 10.8. The predicted molar refractivity (Wildman–Crippen MR) is 170 cm³/mol. The molecule has 0 saturated carbocycles. The van der Waals surface area contributed by atoms with Crippen molar-refractivity contribution in [1.29, 1.82) is 0 Å². The van der Waals surface area contributed by atoms with Crippen LogP contribution >= 0.6 is 0 Å². The minimum atomic E-state index is -1.05. The molecule has 7 amide bonds. The number of carbonyl (C=O) groups excluding carboxylic acids is 6. The van der Waals surface area contributed by atoms with Crippen LogP contribution in [0.4, 0.5) is 15.3 Å². The van der Waals surface area contributed by atoms with Gasteiger partial charge in [-0.25, -0.2) is 9.59 Å². The van der Waals surface area contributed by atoms with Gasteiger partial charge in [0.1, 0.15) is 23.4 Å². The number of hydrogen-bond acceptors (Lipinski definition) is 9. The van der Waals surface area contributed by atoms with Gasteiger partial charge in [0.15, 0.2) is 6.61 Å². The van der Waals surface area contributed by atoms with Gasteiger partial charge in [0.2, 0.25) is 17.7 Å². The Bertz CT molecular complexity index is 1200. The van der Waals surface area contributed by atoms with E-state index in [1.54, 1.807) is 34.6 Å². The van der Waals surface area contributed by atoms with E-state index in [-0.39, 0.29) is 43.5 Å². The first-order chi connectivity index (χ1) is 21.5. The molecule has 258 valence electrons. The van der Waals surface area contributed by atoms with Crippen molar-refractivity contribution in [1.82, 2.24) is 26.6 Å². The van der Waals surface area contributed by atoms with Crippen LogP contribution in [0.15, 0.2) is 18.2 Å². The lowest BCUT2D eigenvalue weighted by Crippen LogP contribution is -2.54. The third-order valence-corrected chi connectivity index (χ3v) is 6.12. The van der Waals surface area contributed by atoms with Gasteiger partial charge in [0.25, 0.3) is 5.91 Å². The van der Waals surface area contributed by atoms with Gasteiger partial charge in [-0.1, -0.05) is 19.9 Å². The van der Waals surface area contributed by atoms with Crippen LogP contribution in [0.3, 0.4) is 0 Å². The average Bonchev–Trinajstić information content (AvgIpc) is 2.94. The highest BCUT2D eigenvalue weighted by atomic mass is 16.6. The highest BCUT2D eigenvalue weighted by molar-refractivity contribution is 5.98. The smallest absolute Gasteiger partial charge is 0.407 e. The average molecular weight is 652 g/mol. The molecule has 0 fully saturated rings. The summed E-state index contributed by atoms with van der Waals surface area (Å²) in [6.07, 6.45) is 0.337. The molecule has 46 heavy (non-hydrogen) atoms. The molecule has 0 spiro atoms. The van der Waals surface area contributed by atoms with E-state index in [9.17, 15) is 33.9 Å². The second-order valence-corrected chi connectivity index (χ2v) is 11.8. The topological polar surface area (TPSA) is 239 Å². The summed E-state index contributed by atoms with van der Waals surface area (Å²) in [5.41, 5.74) is 5.12. The largest absolute Gasteiger partial charge is 0.483 e. The standard InChI is InChI=1S/C30H49N7O9/c1-18(2)25(35-19(3)39)27(42)37-22(9-7-12-33-28(31)43)26(41)36-21-11-10-20(16-38)23(15-21)45-17-24(40)32-13-8-14-34-29(44)46-30(4,5)6/h10-11,15,18,22,25,38H,7-9,12-14,16-17H2,1-6H3,(H,32,40)(H,34,44)(H,35,39)(H,36,41)(H,37,42)(H3,31,33,43)/t22-,25-/m0/s1. The van der Waals surface area contributed by atoms with E-state index >= 15 is 0 Å². The van der Waals surface area contributed by atoms with Crippen LogP contribution in [0.5, 0.6) is 5.75 Å². The Morgan fingerprint density at radius 1 is 0.913 bits per heavy atom. The Labute approximate surface area is 269 Å². The van der Waals surface area contributed by atoms with Gasteiger partial charge >= 0.3 is 12.1 Å². The molecule has 0 aromatic heterocycles. The number of nitrogens with two attached hydrogens (primary N) is 1. The van der Waals surface area contributed by atoms with Crippen LogP contribution in [0.2, 0.25) is 0 Å². The fourth-order valence-electron chi connectivity index (χ4n) is 3.94. The lowest BCUT2D eigenvalue weighted by molar-refractivity contribution is -0.131. The van der Waals surface area contributed by atoms with E-state index in [1.807, 2.05) is 0 Å². The second-order valence-electron chi connectivity index (χ2n) is 11.8. The van der Waals surface area contributed by atoms with Gasteiger partial charge in [-0.3, -0.25) is 19.2 Å². The summed E-state index contributed by atoms with van der Waals surface area (Å²) >= 11 is 0. The van der Waals surface area contributed by atoms with E-state index in [0.717, 1.165) is 0 Å². The van der Waals surface area contributed by atoms with Gasteiger partial charge in [-0.05, 0) is 52.0 Å². The number of rotatable bonds is 18. The van der Waals surface area contributed by atoms with E-state index in [1.165, 1.54) is 25.1 Å². The molecule has 0 heterocycles. The Balaban J connectivity index is 2.84. The Morgan fingerprint density at radius 3 is 2.15 bits per heavy atom. The highest BCUT2D eigenvalue weighted by Crippen LogP contribution is 2.24. The molecule has 16 heteroatoms. The number of primary amides is 1. The monoisotopic (exact) mass is 651 g/mol. The molecule has 0 aliphatic rings. The third kappa shape index (κ3) is 16.5. The Hall–Kier alpha value is -4.60. The summed E-state index contributed by atoms with van der Waals surface area (Å²) in [6, 6.07) is 1.82. The van der Waals surface area contributed by atoms with Crippen molar-refractivity contribution < 1.29 is 43.3 Å². The Morgan fingerprint density at radius 2 is 1.57 bits per heavy atom. The van der Waals surface area contributed by atoms with E-state index in [4.69, 9.17) is 15.2 Å². The van der Waals surface area contributed by atoms with Gasteiger partial charge < -0.3 is 52.2 Å². The van der Waals surface area contributed by atoms with Crippen LogP contribution < -0.4 is 42.4 Å². The van der Waals surface area contributed by atoms with Crippen LogP contribution in [0.25, 0.3) is 0 Å². The summed E-state index contributed by atoms with van der Waals surface area (Å²) in [5.74, 6) is -2.10. The van der Waals surface area contributed by atoms with E-state index in [2.05, 4.69) is 31.9 Å². The molecule has 9 N–H and O–H groups in total. The van der Waals surface area contributed by atoms with Crippen LogP contribution in [0.1, 0.15) is 66.4 Å². The van der Waals surface area contributed by atoms with Crippen LogP contribution in [0, 0.1) is 5.92 Å². The molecule has 1 aromatic rings. The maximum absolute atomic E-state index is 13.3. The first-order valence-electron chi connectivity index (χ1n) is 15.0. The van der Waals surface area contributed by atoms with Gasteiger partial charge in [-0.2, -0.15) is 0 Å². The minimum Gasteiger partial charge on any atom is -0.483 e. The number of carbonyl (C=O) groups is 6. The molecule has 0 unspecified atom stereocenters. The number of anilines is 1. The summed E-state index contributed by atoms with van der Waals surface area (Å²) in [6.45, 7) is 10.00. The molecule has 0 radical (unpaired) electrons. The van der Waals surface area contributed by atoms with Crippen molar-refractivity contribution in [2.75, 3.05) is 31.6 Å². The van der Waals surface area contributed by atoms with Crippen molar-refractivity contribution in [2.45, 2.75) is 85.1 Å². The molecular formula is C30H49N7O9. The third-order valence-electron chi connectivity index (χ3n) is 6.12. The summed E-state index contributed by atoms with van der Waals surface area (Å²) in [7, 11) is 0. The van der Waals surface area contributed by atoms with Crippen molar-refractivity contribution in [2.24, 2.45) is 11.7 Å². The highest BCUT2D eigenvalue weighted by Gasteiger charge is 2.28. The first kappa shape index (κ1) is 39.4. The predicted octanol–water partition coefficient (Wildman–Crippen LogP) is 0.621. The molecule has 2 atom stereocenters. The number of nitrogens with one attached hydrogen (secondary N) is 6. The van der Waals surface area contributed by atoms with Crippen molar-refractivity contribution in [3.63, 3.8) is 0 Å². The molecule has 1 aromatic carbocycles. The number of benzene rings is 1. The number of aliphatic hydroxyl groups is 1. The maximum Gasteiger partial charge on any atom is 0.407 e. The zero-order valence-electron chi connectivity index (χ0n) is 27.4. The number of hydrogen-bond donors (Lipinski definition) is 8. The molecule has 16 nitrogen and oxygen atoms in total. The van der Waals surface area contributed by atoms with E-state index in [0.29, 0.717) is 24.9 Å². The molecule has 0 aliphatic carbocycles. The quantitative estimate of drug-likeness (QED) is 0.104. The summed E-state index contributed by atoms with van der Waals surface area (Å²) in [4.78, 5) is 72.9. The number of aliphatic hydroxyl groups excluding tert-OH is 1. The lowest BCUT2D eigenvalue weighted by atomic mass is 10.0. The van der Waals surface area contributed by atoms with Gasteiger partial charge in [0.05, 0.1) is 6.61 Å². The van der Waals surface area contributed by atoms with Crippen LogP contribution in [-0.2, 0) is 30.5 Å². The minimum absolute atomic E-state index is 0.133. The van der Waals surface area contributed by atoms with Gasteiger partial charge in [0, 0.05) is 43.9 Å². The molecule has 0 saturated heterocycles. The number of urea groups is 1. The molecule has 1 rings (SSSR count). The normalized spacial score (nSPS) is 12.3.